The largest absolute Gasteiger partial charge is 0.394 e. The van der Waals surface area contributed by atoms with Crippen LogP contribution < -0.4 is 5.32 Å². The quantitative estimate of drug-likeness (QED) is 0.898. The maximum absolute atomic E-state index is 13.5. The Bertz CT molecular complexity index is 534. The van der Waals surface area contributed by atoms with E-state index < -0.39 is 37.6 Å². The van der Waals surface area contributed by atoms with Gasteiger partial charge >= 0.3 is 6.03 Å². The van der Waals surface area contributed by atoms with Crippen LogP contribution in [0.4, 0.5) is 13.6 Å². The van der Waals surface area contributed by atoms with Crippen LogP contribution in [0.2, 0.25) is 0 Å². The number of urea groups is 1. The normalized spacial score (nSPS) is 25.0. The van der Waals surface area contributed by atoms with Gasteiger partial charge in [0, 0.05) is 6.42 Å². The Labute approximate surface area is 128 Å². The lowest BCUT2D eigenvalue weighted by molar-refractivity contribution is 0.0140. The van der Waals surface area contributed by atoms with Crippen LogP contribution in [0.1, 0.15) is 30.9 Å². The third-order valence-corrected chi connectivity index (χ3v) is 4.38. The number of nitrogens with one attached hydrogen (secondary N) is 1. The fraction of sp³-hybridized carbons (Fsp3) is 0.562. The van der Waals surface area contributed by atoms with Gasteiger partial charge in [0.05, 0.1) is 25.2 Å². The summed E-state index contributed by atoms with van der Waals surface area (Å²) >= 11 is 0. The molecule has 2 atom stereocenters. The predicted molar refractivity (Wildman–Crippen MR) is 77.6 cm³/mol. The standard InChI is InChI=1S/C16H20F2N2O2/c17-16(18)8-13(9-21)20(10-16)15(22)19-14(12-6-7-12)11-4-2-1-3-5-11/h1-5,12-14,21H,6-10H2,(H,19,22). The number of hydrogen-bond acceptors (Lipinski definition) is 2. The number of likely N-dealkylation sites (tertiary alicyclic amines) is 1. The molecule has 0 spiro atoms. The Morgan fingerprint density at radius 1 is 1.36 bits per heavy atom. The summed E-state index contributed by atoms with van der Waals surface area (Å²) in [6.45, 7) is -1.07. The molecule has 120 valence electrons. The second-order valence-corrected chi connectivity index (χ2v) is 6.20. The maximum atomic E-state index is 13.5. The van der Waals surface area contributed by atoms with Crippen molar-refractivity contribution in [2.45, 2.75) is 37.3 Å². The molecule has 2 unspecified atom stereocenters. The molecule has 0 bridgehead atoms. The summed E-state index contributed by atoms with van der Waals surface area (Å²) in [7, 11) is 0. The van der Waals surface area contributed by atoms with Crippen molar-refractivity contribution < 1.29 is 18.7 Å². The number of nitrogens with zero attached hydrogens (tertiary/aromatic N) is 1. The van der Waals surface area contributed by atoms with Crippen LogP contribution in [0.25, 0.3) is 0 Å². The molecule has 1 aliphatic heterocycles. The zero-order chi connectivity index (χ0) is 15.7. The first-order chi connectivity index (χ1) is 10.5. The molecule has 6 heteroatoms. The summed E-state index contributed by atoms with van der Waals surface area (Å²) in [6.07, 6.45) is 1.58. The minimum atomic E-state index is -2.92. The molecular weight excluding hydrogens is 290 g/mol. The summed E-state index contributed by atoms with van der Waals surface area (Å²) in [5.41, 5.74) is 0.991. The van der Waals surface area contributed by atoms with Gasteiger partial charge in [-0.25, -0.2) is 13.6 Å². The molecular formula is C16H20F2N2O2. The molecule has 0 radical (unpaired) electrons. The highest BCUT2D eigenvalue weighted by atomic mass is 19.3. The number of aliphatic hydroxyl groups excluding tert-OH is 1. The number of aliphatic hydroxyl groups is 1. The lowest BCUT2D eigenvalue weighted by atomic mass is 10.0. The lowest BCUT2D eigenvalue weighted by Gasteiger charge is -2.26. The van der Waals surface area contributed by atoms with E-state index in [1.807, 2.05) is 30.3 Å². The third-order valence-electron chi connectivity index (χ3n) is 4.38. The SMILES string of the molecule is O=C(NC(c1ccccc1)C1CC1)N1CC(F)(F)CC1CO. The van der Waals surface area contributed by atoms with E-state index >= 15 is 0 Å². The summed E-state index contributed by atoms with van der Waals surface area (Å²) in [5, 5.41) is 12.1. The number of carbonyl (C=O) groups is 1. The first kappa shape index (κ1) is 15.2. The van der Waals surface area contributed by atoms with E-state index in [1.165, 1.54) is 0 Å². The molecule has 1 saturated heterocycles. The van der Waals surface area contributed by atoms with Crippen molar-refractivity contribution in [3.63, 3.8) is 0 Å². The molecule has 1 saturated carbocycles. The van der Waals surface area contributed by atoms with Gasteiger partial charge in [0.1, 0.15) is 0 Å². The Kier molecular flexibility index (Phi) is 4.04. The average molecular weight is 310 g/mol. The van der Waals surface area contributed by atoms with Gasteiger partial charge in [0.25, 0.3) is 5.92 Å². The zero-order valence-electron chi connectivity index (χ0n) is 12.2. The first-order valence-electron chi connectivity index (χ1n) is 7.61. The van der Waals surface area contributed by atoms with Crippen molar-refractivity contribution in [1.82, 2.24) is 10.2 Å². The molecule has 1 aromatic carbocycles. The van der Waals surface area contributed by atoms with Crippen LogP contribution in [0.5, 0.6) is 0 Å². The highest BCUT2D eigenvalue weighted by molar-refractivity contribution is 5.75. The van der Waals surface area contributed by atoms with Gasteiger partial charge in [-0.2, -0.15) is 0 Å². The van der Waals surface area contributed by atoms with Crippen LogP contribution in [0.3, 0.4) is 0 Å². The molecule has 0 aromatic heterocycles. The fourth-order valence-electron chi connectivity index (χ4n) is 3.08. The van der Waals surface area contributed by atoms with E-state index in [2.05, 4.69) is 5.32 Å². The van der Waals surface area contributed by atoms with Gasteiger partial charge in [0.15, 0.2) is 0 Å². The molecule has 2 N–H and O–H groups in total. The zero-order valence-corrected chi connectivity index (χ0v) is 12.2. The lowest BCUT2D eigenvalue weighted by Crippen LogP contribution is -2.46. The molecule has 2 amide bonds. The Balaban J connectivity index is 1.72. The number of carbonyl (C=O) groups excluding carboxylic acids is 1. The molecule has 1 aromatic rings. The van der Waals surface area contributed by atoms with Crippen molar-refractivity contribution >= 4 is 6.03 Å². The molecule has 2 fully saturated rings. The Hall–Kier alpha value is -1.69. The van der Waals surface area contributed by atoms with E-state index in [4.69, 9.17) is 0 Å². The van der Waals surface area contributed by atoms with Gasteiger partial charge in [-0.1, -0.05) is 30.3 Å². The Morgan fingerprint density at radius 3 is 2.64 bits per heavy atom. The average Bonchev–Trinajstić information content (AvgIpc) is 3.28. The van der Waals surface area contributed by atoms with Crippen LogP contribution in [0.15, 0.2) is 30.3 Å². The fourth-order valence-corrected chi connectivity index (χ4v) is 3.08. The molecule has 3 rings (SSSR count). The highest BCUT2D eigenvalue weighted by Gasteiger charge is 2.47. The number of benzene rings is 1. The van der Waals surface area contributed by atoms with Gasteiger partial charge < -0.3 is 15.3 Å². The van der Waals surface area contributed by atoms with Gasteiger partial charge in [-0.3, -0.25) is 0 Å². The topological polar surface area (TPSA) is 52.6 Å². The highest BCUT2D eigenvalue weighted by Crippen LogP contribution is 2.41. The van der Waals surface area contributed by atoms with Crippen molar-refractivity contribution in [3.05, 3.63) is 35.9 Å². The van der Waals surface area contributed by atoms with Crippen LogP contribution >= 0.6 is 0 Å². The van der Waals surface area contributed by atoms with Crippen molar-refractivity contribution in [2.24, 2.45) is 5.92 Å². The van der Waals surface area contributed by atoms with Crippen LogP contribution in [-0.2, 0) is 0 Å². The molecule has 2 aliphatic rings. The van der Waals surface area contributed by atoms with E-state index in [0.717, 1.165) is 23.3 Å². The maximum Gasteiger partial charge on any atom is 0.318 e. The van der Waals surface area contributed by atoms with Crippen molar-refractivity contribution in [3.8, 4) is 0 Å². The molecule has 4 nitrogen and oxygen atoms in total. The number of rotatable bonds is 4. The number of halogens is 2. The number of amides is 2. The molecule has 1 aliphatic carbocycles. The monoisotopic (exact) mass is 310 g/mol. The van der Waals surface area contributed by atoms with E-state index in [1.54, 1.807) is 0 Å². The van der Waals surface area contributed by atoms with Crippen molar-refractivity contribution in [1.29, 1.82) is 0 Å². The second kappa shape index (κ2) is 5.83. The minimum absolute atomic E-state index is 0.151. The summed E-state index contributed by atoms with van der Waals surface area (Å²) in [4.78, 5) is 13.5. The minimum Gasteiger partial charge on any atom is -0.394 e. The van der Waals surface area contributed by atoms with Crippen LogP contribution in [-0.4, -0.2) is 41.2 Å². The third kappa shape index (κ3) is 3.21. The second-order valence-electron chi connectivity index (χ2n) is 6.20. The summed E-state index contributed by atoms with van der Waals surface area (Å²) in [6, 6.07) is 8.09. The number of alkyl halides is 2. The van der Waals surface area contributed by atoms with Gasteiger partial charge in [0.2, 0.25) is 0 Å². The first-order valence-corrected chi connectivity index (χ1v) is 7.61. The van der Waals surface area contributed by atoms with E-state index in [0.29, 0.717) is 5.92 Å². The predicted octanol–water partition coefficient (Wildman–Crippen LogP) is 2.55. The number of hydrogen-bond donors (Lipinski definition) is 2. The van der Waals surface area contributed by atoms with E-state index in [-0.39, 0.29) is 6.04 Å². The van der Waals surface area contributed by atoms with Gasteiger partial charge in [-0.05, 0) is 24.3 Å². The van der Waals surface area contributed by atoms with Crippen molar-refractivity contribution in [2.75, 3.05) is 13.2 Å². The smallest absolute Gasteiger partial charge is 0.318 e. The summed E-state index contributed by atoms with van der Waals surface area (Å²) < 4.78 is 27.0. The molecule has 22 heavy (non-hydrogen) atoms. The molecule has 1 heterocycles. The van der Waals surface area contributed by atoms with E-state index in [9.17, 15) is 18.7 Å². The van der Waals surface area contributed by atoms with Crippen LogP contribution in [0, 0.1) is 5.92 Å². The van der Waals surface area contributed by atoms with Gasteiger partial charge in [-0.15, -0.1) is 0 Å². The Morgan fingerprint density at radius 2 is 2.05 bits per heavy atom. The summed E-state index contributed by atoms with van der Waals surface area (Å²) in [5.74, 6) is -2.56.